The van der Waals surface area contributed by atoms with Gasteiger partial charge in [0.05, 0.1) is 5.56 Å². The molecule has 148 valence electrons. The zero-order chi connectivity index (χ0) is 20.6. The van der Waals surface area contributed by atoms with Crippen LogP contribution in [0.1, 0.15) is 21.5 Å². The van der Waals surface area contributed by atoms with Crippen molar-refractivity contribution in [2.75, 3.05) is 19.0 Å². The van der Waals surface area contributed by atoms with Crippen LogP contribution < -0.4 is 10.1 Å². The Morgan fingerprint density at radius 1 is 0.897 bits per heavy atom. The zero-order valence-corrected chi connectivity index (χ0v) is 16.6. The molecule has 0 radical (unpaired) electrons. The zero-order valence-electron chi connectivity index (χ0n) is 16.6. The summed E-state index contributed by atoms with van der Waals surface area (Å²) in [6, 6.07) is 24.1. The highest BCUT2D eigenvalue weighted by Gasteiger charge is 2.15. The second kappa shape index (κ2) is 9.55. The van der Waals surface area contributed by atoms with Crippen molar-refractivity contribution in [2.45, 2.75) is 13.5 Å². The summed E-state index contributed by atoms with van der Waals surface area (Å²) in [5.41, 5.74) is 3.30. The minimum Gasteiger partial charge on any atom is -0.483 e. The average molecular weight is 388 g/mol. The van der Waals surface area contributed by atoms with Crippen LogP contribution in [0.3, 0.4) is 0 Å². The number of likely N-dealkylation sites (N-methyl/N-ethyl adjacent to an activating group) is 1. The van der Waals surface area contributed by atoms with E-state index in [0.717, 1.165) is 11.1 Å². The van der Waals surface area contributed by atoms with Crippen LogP contribution in [0.5, 0.6) is 5.75 Å². The van der Waals surface area contributed by atoms with Crippen LogP contribution in [0.2, 0.25) is 0 Å². The molecule has 3 aromatic carbocycles. The minimum atomic E-state index is -0.285. The van der Waals surface area contributed by atoms with Crippen LogP contribution >= 0.6 is 0 Å². The summed E-state index contributed by atoms with van der Waals surface area (Å²) in [4.78, 5) is 26.7. The number of para-hydroxylation sites is 2. The van der Waals surface area contributed by atoms with Crippen molar-refractivity contribution >= 4 is 17.5 Å². The summed E-state index contributed by atoms with van der Waals surface area (Å²) in [5.74, 6) is -0.0717. The first-order valence-corrected chi connectivity index (χ1v) is 9.41. The Labute approximate surface area is 170 Å². The van der Waals surface area contributed by atoms with Crippen molar-refractivity contribution in [1.82, 2.24) is 4.90 Å². The Morgan fingerprint density at radius 2 is 1.55 bits per heavy atom. The highest BCUT2D eigenvalue weighted by molar-refractivity contribution is 6.06. The van der Waals surface area contributed by atoms with Gasteiger partial charge in [-0.2, -0.15) is 0 Å². The molecule has 1 N–H and O–H groups in total. The number of carbonyl (C=O) groups excluding carboxylic acids is 2. The molecule has 0 saturated heterocycles. The number of ether oxygens (including phenoxy) is 1. The molecule has 29 heavy (non-hydrogen) atoms. The maximum absolute atomic E-state index is 12.6. The molecule has 0 aliphatic rings. The lowest BCUT2D eigenvalue weighted by atomic mass is 10.1. The third-order valence-electron chi connectivity index (χ3n) is 4.61. The maximum Gasteiger partial charge on any atom is 0.260 e. The van der Waals surface area contributed by atoms with Gasteiger partial charge >= 0.3 is 0 Å². The average Bonchev–Trinajstić information content (AvgIpc) is 2.74. The molecule has 0 unspecified atom stereocenters. The monoisotopic (exact) mass is 388 g/mol. The van der Waals surface area contributed by atoms with Gasteiger partial charge in [0.1, 0.15) is 5.75 Å². The number of rotatable bonds is 7. The first-order chi connectivity index (χ1) is 14.0. The van der Waals surface area contributed by atoms with Gasteiger partial charge in [0, 0.05) is 19.3 Å². The highest BCUT2D eigenvalue weighted by atomic mass is 16.5. The molecule has 3 aromatic rings. The second-order valence-corrected chi connectivity index (χ2v) is 6.78. The van der Waals surface area contributed by atoms with Crippen molar-refractivity contribution in [3.8, 4) is 5.75 Å². The summed E-state index contributed by atoms with van der Waals surface area (Å²) >= 11 is 0. The van der Waals surface area contributed by atoms with Crippen molar-refractivity contribution in [2.24, 2.45) is 0 Å². The molecule has 2 amide bonds. The molecular weight excluding hydrogens is 364 g/mol. The number of aryl methyl sites for hydroxylation is 1. The summed E-state index contributed by atoms with van der Waals surface area (Å²) < 4.78 is 5.69. The SMILES string of the molecule is Cc1ccccc1CN(C)C(=O)COc1ccccc1C(=O)Nc1ccccc1. The van der Waals surface area contributed by atoms with E-state index in [1.165, 1.54) is 0 Å². The molecule has 0 saturated carbocycles. The fraction of sp³-hybridized carbons (Fsp3) is 0.167. The molecule has 0 heterocycles. The van der Waals surface area contributed by atoms with Crippen LogP contribution in [0.15, 0.2) is 78.9 Å². The van der Waals surface area contributed by atoms with Crippen molar-refractivity contribution < 1.29 is 14.3 Å². The number of benzene rings is 3. The fourth-order valence-corrected chi connectivity index (χ4v) is 2.88. The molecule has 3 rings (SSSR count). The van der Waals surface area contributed by atoms with E-state index in [2.05, 4.69) is 5.32 Å². The van der Waals surface area contributed by atoms with Crippen molar-refractivity contribution in [3.05, 3.63) is 95.6 Å². The van der Waals surface area contributed by atoms with Gasteiger partial charge in [-0.3, -0.25) is 9.59 Å². The van der Waals surface area contributed by atoms with Crippen molar-refractivity contribution in [1.29, 1.82) is 0 Å². The van der Waals surface area contributed by atoms with Crippen LogP contribution in [-0.4, -0.2) is 30.4 Å². The lowest BCUT2D eigenvalue weighted by Gasteiger charge is -2.19. The van der Waals surface area contributed by atoms with Gasteiger partial charge in [-0.25, -0.2) is 0 Å². The van der Waals surface area contributed by atoms with E-state index in [1.54, 1.807) is 36.2 Å². The van der Waals surface area contributed by atoms with E-state index in [4.69, 9.17) is 4.74 Å². The van der Waals surface area contributed by atoms with Gasteiger partial charge in [-0.1, -0.05) is 54.6 Å². The maximum atomic E-state index is 12.6. The number of carbonyl (C=O) groups is 2. The number of hydrogen-bond acceptors (Lipinski definition) is 3. The van der Waals surface area contributed by atoms with E-state index in [-0.39, 0.29) is 18.4 Å². The van der Waals surface area contributed by atoms with E-state index >= 15 is 0 Å². The molecule has 0 aliphatic heterocycles. The van der Waals surface area contributed by atoms with E-state index in [9.17, 15) is 9.59 Å². The Kier molecular flexibility index (Phi) is 6.63. The predicted octanol–water partition coefficient (Wildman–Crippen LogP) is 4.28. The van der Waals surface area contributed by atoms with Crippen LogP contribution in [0.25, 0.3) is 0 Å². The van der Waals surface area contributed by atoms with E-state index in [1.807, 2.05) is 61.5 Å². The van der Waals surface area contributed by atoms with Crippen LogP contribution in [0, 0.1) is 6.92 Å². The van der Waals surface area contributed by atoms with Crippen LogP contribution in [0.4, 0.5) is 5.69 Å². The summed E-state index contributed by atoms with van der Waals surface area (Å²) in [5, 5.41) is 2.83. The summed E-state index contributed by atoms with van der Waals surface area (Å²) in [6.45, 7) is 2.38. The predicted molar refractivity (Wildman–Crippen MR) is 114 cm³/mol. The molecule has 0 aromatic heterocycles. The van der Waals surface area contributed by atoms with Gasteiger partial charge in [-0.05, 0) is 42.3 Å². The molecule has 0 spiro atoms. The largest absolute Gasteiger partial charge is 0.483 e. The van der Waals surface area contributed by atoms with Crippen LogP contribution in [-0.2, 0) is 11.3 Å². The molecular formula is C24H24N2O3. The Bertz CT molecular complexity index is 986. The Balaban J connectivity index is 1.62. The molecule has 5 nitrogen and oxygen atoms in total. The molecule has 0 aliphatic carbocycles. The lowest BCUT2D eigenvalue weighted by Crippen LogP contribution is -2.31. The molecule has 0 fully saturated rings. The summed E-state index contributed by atoms with van der Waals surface area (Å²) in [7, 11) is 1.74. The quantitative estimate of drug-likeness (QED) is 0.657. The number of anilines is 1. The summed E-state index contributed by atoms with van der Waals surface area (Å²) in [6.07, 6.45) is 0. The van der Waals surface area contributed by atoms with Gasteiger partial charge in [-0.15, -0.1) is 0 Å². The third kappa shape index (κ3) is 5.45. The molecule has 0 atom stereocenters. The third-order valence-corrected chi connectivity index (χ3v) is 4.61. The van der Waals surface area contributed by atoms with E-state index < -0.39 is 0 Å². The number of nitrogens with zero attached hydrogens (tertiary/aromatic N) is 1. The van der Waals surface area contributed by atoms with Crippen molar-refractivity contribution in [3.63, 3.8) is 0 Å². The molecule has 0 bridgehead atoms. The molecule has 5 heteroatoms. The lowest BCUT2D eigenvalue weighted by molar-refractivity contribution is -0.132. The number of hydrogen-bond donors (Lipinski definition) is 1. The second-order valence-electron chi connectivity index (χ2n) is 6.78. The minimum absolute atomic E-state index is 0.141. The van der Waals surface area contributed by atoms with Gasteiger partial charge < -0.3 is 15.0 Å². The van der Waals surface area contributed by atoms with Gasteiger partial charge in [0.15, 0.2) is 6.61 Å². The standard InChI is InChI=1S/C24H24N2O3/c1-18-10-6-7-11-19(18)16-26(2)23(27)17-29-22-15-9-8-14-21(22)24(28)25-20-12-4-3-5-13-20/h3-15H,16-17H2,1-2H3,(H,25,28). The Morgan fingerprint density at radius 3 is 2.31 bits per heavy atom. The Hall–Kier alpha value is -3.60. The smallest absolute Gasteiger partial charge is 0.260 e. The van der Waals surface area contributed by atoms with Gasteiger partial charge in [0.25, 0.3) is 11.8 Å². The first-order valence-electron chi connectivity index (χ1n) is 9.41. The normalized spacial score (nSPS) is 10.3. The first kappa shape index (κ1) is 20.1. The fourth-order valence-electron chi connectivity index (χ4n) is 2.88. The number of nitrogens with one attached hydrogen (secondary N) is 1. The highest BCUT2D eigenvalue weighted by Crippen LogP contribution is 2.20. The van der Waals surface area contributed by atoms with E-state index in [0.29, 0.717) is 23.5 Å². The number of amides is 2. The topological polar surface area (TPSA) is 58.6 Å². The van der Waals surface area contributed by atoms with Gasteiger partial charge in [0.2, 0.25) is 0 Å².